The minimum Gasteiger partial charge on any atom is -0.508 e. The number of carbonyl (C=O) groups is 1. The van der Waals surface area contributed by atoms with Crippen molar-refractivity contribution in [3.05, 3.63) is 29.8 Å². The Morgan fingerprint density at radius 3 is 3.00 bits per heavy atom. The number of nitrogens with zero attached hydrogens (tertiary/aromatic N) is 1. The average molecular weight is 220 g/mol. The lowest BCUT2D eigenvalue weighted by molar-refractivity contribution is 0.0743. The molecule has 86 valence electrons. The van der Waals surface area contributed by atoms with Crippen molar-refractivity contribution < 1.29 is 9.90 Å². The Morgan fingerprint density at radius 2 is 2.38 bits per heavy atom. The van der Waals surface area contributed by atoms with Crippen LogP contribution in [0, 0.1) is 0 Å². The molecule has 1 fully saturated rings. The smallest absolute Gasteiger partial charge is 0.254 e. The molecule has 4 heteroatoms. The number of phenols is 1. The highest BCUT2D eigenvalue weighted by atomic mass is 16.3. The number of hydrogen-bond donors (Lipinski definition) is 2. The quantitative estimate of drug-likeness (QED) is 0.776. The number of carbonyl (C=O) groups excluding carboxylic acids is 1. The summed E-state index contributed by atoms with van der Waals surface area (Å²) in [4.78, 5) is 13.8. The lowest BCUT2D eigenvalue weighted by Gasteiger charge is -2.23. The van der Waals surface area contributed by atoms with Crippen LogP contribution in [-0.4, -0.2) is 42.1 Å². The van der Waals surface area contributed by atoms with Gasteiger partial charge in [-0.05, 0) is 31.2 Å². The van der Waals surface area contributed by atoms with Crippen molar-refractivity contribution in [3.63, 3.8) is 0 Å². The monoisotopic (exact) mass is 220 g/mol. The molecule has 1 aromatic carbocycles. The molecule has 0 unspecified atom stereocenters. The van der Waals surface area contributed by atoms with Gasteiger partial charge in [0, 0.05) is 25.2 Å². The predicted molar refractivity (Wildman–Crippen MR) is 61.5 cm³/mol. The van der Waals surface area contributed by atoms with Crippen molar-refractivity contribution in [1.29, 1.82) is 0 Å². The van der Waals surface area contributed by atoms with E-state index in [1.165, 1.54) is 6.07 Å². The summed E-state index contributed by atoms with van der Waals surface area (Å²) < 4.78 is 0. The molecule has 1 aromatic rings. The first-order valence-electron chi connectivity index (χ1n) is 5.45. The predicted octanol–water partition coefficient (Wildman–Crippen LogP) is 0.826. The zero-order chi connectivity index (χ0) is 11.5. The summed E-state index contributed by atoms with van der Waals surface area (Å²) in [5.74, 6) is 0.0911. The standard InChI is InChI=1S/C12H16N2O2/c1-14(10-5-6-13-8-10)12(16)9-3-2-4-11(15)7-9/h2-4,7,10,13,15H,5-6,8H2,1H3/t10-/m0/s1. The molecule has 2 rings (SSSR count). The molecule has 0 spiro atoms. The van der Waals surface area contributed by atoms with E-state index in [0.717, 1.165) is 19.5 Å². The molecule has 0 saturated carbocycles. The Balaban J connectivity index is 2.12. The third-order valence-electron chi connectivity index (χ3n) is 3.00. The number of benzene rings is 1. The van der Waals surface area contributed by atoms with Crippen LogP contribution in [-0.2, 0) is 0 Å². The molecular formula is C12H16N2O2. The Bertz CT molecular complexity index is 386. The molecular weight excluding hydrogens is 204 g/mol. The normalized spacial score (nSPS) is 19.7. The summed E-state index contributed by atoms with van der Waals surface area (Å²) in [6.45, 7) is 1.81. The van der Waals surface area contributed by atoms with Crippen LogP contribution >= 0.6 is 0 Å². The largest absolute Gasteiger partial charge is 0.508 e. The molecule has 0 aromatic heterocycles. The minimum atomic E-state index is -0.0374. The van der Waals surface area contributed by atoms with E-state index in [1.54, 1.807) is 23.1 Å². The van der Waals surface area contributed by atoms with Gasteiger partial charge in [0.05, 0.1) is 0 Å². The van der Waals surface area contributed by atoms with E-state index in [0.29, 0.717) is 5.56 Å². The first-order valence-corrected chi connectivity index (χ1v) is 5.45. The van der Waals surface area contributed by atoms with E-state index < -0.39 is 0 Å². The Labute approximate surface area is 94.9 Å². The van der Waals surface area contributed by atoms with Crippen LogP contribution in [0.2, 0.25) is 0 Å². The fourth-order valence-electron chi connectivity index (χ4n) is 1.98. The van der Waals surface area contributed by atoms with Crippen LogP contribution in [0.4, 0.5) is 0 Å². The maximum atomic E-state index is 12.1. The SMILES string of the molecule is CN(C(=O)c1cccc(O)c1)[C@H]1CCNC1. The van der Waals surface area contributed by atoms with Gasteiger partial charge in [-0.15, -0.1) is 0 Å². The van der Waals surface area contributed by atoms with Gasteiger partial charge >= 0.3 is 0 Å². The van der Waals surface area contributed by atoms with E-state index in [1.807, 2.05) is 7.05 Å². The number of hydrogen-bond acceptors (Lipinski definition) is 3. The number of amides is 1. The van der Waals surface area contributed by atoms with Crippen LogP contribution in [0.1, 0.15) is 16.8 Å². The van der Waals surface area contributed by atoms with Crippen LogP contribution in [0.3, 0.4) is 0 Å². The van der Waals surface area contributed by atoms with Gasteiger partial charge in [-0.1, -0.05) is 6.07 Å². The van der Waals surface area contributed by atoms with Crippen molar-refractivity contribution >= 4 is 5.91 Å². The van der Waals surface area contributed by atoms with Crippen LogP contribution in [0.5, 0.6) is 5.75 Å². The molecule has 16 heavy (non-hydrogen) atoms. The van der Waals surface area contributed by atoms with Crippen LogP contribution < -0.4 is 5.32 Å². The van der Waals surface area contributed by atoms with Crippen molar-refractivity contribution in [1.82, 2.24) is 10.2 Å². The second-order valence-electron chi connectivity index (χ2n) is 4.11. The maximum absolute atomic E-state index is 12.1. The highest BCUT2D eigenvalue weighted by molar-refractivity contribution is 5.94. The fraction of sp³-hybridized carbons (Fsp3) is 0.417. The summed E-state index contributed by atoms with van der Waals surface area (Å²) in [5, 5.41) is 12.6. The third-order valence-corrected chi connectivity index (χ3v) is 3.00. The highest BCUT2D eigenvalue weighted by Gasteiger charge is 2.23. The first-order chi connectivity index (χ1) is 7.68. The summed E-state index contributed by atoms with van der Waals surface area (Å²) in [6.07, 6.45) is 0.987. The minimum absolute atomic E-state index is 0.0374. The van der Waals surface area contributed by atoms with Gasteiger partial charge in [-0.3, -0.25) is 4.79 Å². The molecule has 1 saturated heterocycles. The van der Waals surface area contributed by atoms with E-state index in [-0.39, 0.29) is 17.7 Å². The van der Waals surface area contributed by atoms with Crippen molar-refractivity contribution in [2.45, 2.75) is 12.5 Å². The van der Waals surface area contributed by atoms with Crippen molar-refractivity contribution in [3.8, 4) is 5.75 Å². The Kier molecular flexibility index (Phi) is 3.10. The third kappa shape index (κ3) is 2.17. The highest BCUT2D eigenvalue weighted by Crippen LogP contribution is 2.15. The first kappa shape index (κ1) is 11.0. The zero-order valence-corrected chi connectivity index (χ0v) is 9.31. The van der Waals surface area contributed by atoms with E-state index in [2.05, 4.69) is 5.32 Å². The second-order valence-corrected chi connectivity index (χ2v) is 4.11. The maximum Gasteiger partial charge on any atom is 0.254 e. The molecule has 2 N–H and O–H groups in total. The van der Waals surface area contributed by atoms with Gasteiger partial charge in [0.2, 0.25) is 0 Å². The van der Waals surface area contributed by atoms with Crippen LogP contribution in [0.15, 0.2) is 24.3 Å². The summed E-state index contributed by atoms with van der Waals surface area (Å²) in [6, 6.07) is 6.73. The van der Waals surface area contributed by atoms with E-state index in [4.69, 9.17) is 0 Å². The van der Waals surface area contributed by atoms with Gasteiger partial charge in [0.1, 0.15) is 5.75 Å². The molecule has 0 radical (unpaired) electrons. The average Bonchev–Trinajstić information content (AvgIpc) is 2.80. The summed E-state index contributed by atoms with van der Waals surface area (Å²) in [7, 11) is 1.81. The zero-order valence-electron chi connectivity index (χ0n) is 9.31. The Morgan fingerprint density at radius 1 is 1.56 bits per heavy atom. The molecule has 1 atom stereocenters. The molecule has 1 heterocycles. The topological polar surface area (TPSA) is 52.6 Å². The number of aromatic hydroxyl groups is 1. The van der Waals surface area contributed by atoms with Gasteiger partial charge in [-0.2, -0.15) is 0 Å². The van der Waals surface area contributed by atoms with Crippen molar-refractivity contribution in [2.75, 3.05) is 20.1 Å². The van der Waals surface area contributed by atoms with Gasteiger partial charge in [-0.25, -0.2) is 0 Å². The molecule has 0 bridgehead atoms. The fourth-order valence-corrected chi connectivity index (χ4v) is 1.98. The number of rotatable bonds is 2. The van der Waals surface area contributed by atoms with Gasteiger partial charge in [0.15, 0.2) is 0 Å². The van der Waals surface area contributed by atoms with Crippen molar-refractivity contribution in [2.24, 2.45) is 0 Å². The molecule has 1 amide bonds. The molecule has 0 aliphatic carbocycles. The number of nitrogens with one attached hydrogen (secondary N) is 1. The molecule has 1 aliphatic rings. The van der Waals surface area contributed by atoms with Gasteiger partial charge < -0.3 is 15.3 Å². The van der Waals surface area contributed by atoms with E-state index >= 15 is 0 Å². The lowest BCUT2D eigenvalue weighted by Crippen LogP contribution is -2.38. The summed E-state index contributed by atoms with van der Waals surface area (Å²) in [5.41, 5.74) is 0.536. The number of phenolic OH excluding ortho intramolecular Hbond substituents is 1. The molecule has 4 nitrogen and oxygen atoms in total. The summed E-state index contributed by atoms with van der Waals surface area (Å²) >= 11 is 0. The van der Waals surface area contributed by atoms with Gasteiger partial charge in [0.25, 0.3) is 5.91 Å². The lowest BCUT2D eigenvalue weighted by atomic mass is 10.1. The number of likely N-dealkylation sites (N-methyl/N-ethyl adjacent to an activating group) is 1. The van der Waals surface area contributed by atoms with Crippen LogP contribution in [0.25, 0.3) is 0 Å². The Hall–Kier alpha value is -1.55. The second kappa shape index (κ2) is 4.53. The van der Waals surface area contributed by atoms with E-state index in [9.17, 15) is 9.90 Å². The molecule has 1 aliphatic heterocycles.